The molecule has 2 aliphatic heterocycles. The predicted octanol–water partition coefficient (Wildman–Crippen LogP) is 1.000. The highest BCUT2D eigenvalue weighted by atomic mass is 32.2. The Bertz CT molecular complexity index is 722. The lowest BCUT2D eigenvalue weighted by atomic mass is 10.0. The lowest BCUT2D eigenvalue weighted by Crippen LogP contribution is -2.63. The number of hydrogen-bond donors (Lipinski definition) is 0. The Labute approximate surface area is 160 Å². The van der Waals surface area contributed by atoms with Gasteiger partial charge in [-0.3, -0.25) is 4.90 Å². The third-order valence-electron chi connectivity index (χ3n) is 5.68. The van der Waals surface area contributed by atoms with E-state index in [1.165, 1.54) is 0 Å². The fraction of sp³-hybridized carbons (Fsp3) is 0.778. The van der Waals surface area contributed by atoms with E-state index in [1.807, 2.05) is 0 Å². The normalized spacial score (nSPS) is 29.2. The van der Waals surface area contributed by atoms with Gasteiger partial charge in [0.05, 0.1) is 38.1 Å². The second-order valence-corrected chi connectivity index (χ2v) is 9.83. The summed E-state index contributed by atoms with van der Waals surface area (Å²) in [5.41, 5.74) is 0. The zero-order valence-electron chi connectivity index (χ0n) is 15.6. The largest absolute Gasteiger partial charge is 0.346 e. The molecule has 4 rings (SSSR count). The molecule has 0 amide bonds. The molecular weight excluding hydrogens is 368 g/mol. The van der Waals surface area contributed by atoms with E-state index in [0.717, 1.165) is 44.5 Å². The van der Waals surface area contributed by atoms with Crippen molar-refractivity contribution in [3.05, 3.63) is 24.3 Å². The average Bonchev–Trinajstić information content (AvgIpc) is 2.70. The van der Waals surface area contributed by atoms with Crippen LogP contribution in [-0.2, 0) is 26.0 Å². The Kier molecular flexibility index (Phi) is 5.75. The van der Waals surface area contributed by atoms with Gasteiger partial charge in [0, 0.05) is 25.5 Å². The summed E-state index contributed by atoms with van der Waals surface area (Å²) in [7, 11) is -3.31. The van der Waals surface area contributed by atoms with Gasteiger partial charge in [0.1, 0.15) is 5.82 Å². The molecule has 0 N–H and O–H groups in total. The van der Waals surface area contributed by atoms with Crippen LogP contribution in [0.3, 0.4) is 0 Å². The van der Waals surface area contributed by atoms with Crippen molar-refractivity contribution >= 4 is 10.0 Å². The van der Waals surface area contributed by atoms with Crippen LogP contribution in [0.4, 0.5) is 0 Å². The summed E-state index contributed by atoms with van der Waals surface area (Å²) in [5, 5.41) is -0.251. The van der Waals surface area contributed by atoms with Gasteiger partial charge < -0.3 is 9.47 Å². The van der Waals surface area contributed by atoms with E-state index in [-0.39, 0.29) is 11.8 Å². The molecule has 1 saturated carbocycles. The maximum absolute atomic E-state index is 13.1. The molecule has 1 aromatic heterocycles. The van der Waals surface area contributed by atoms with Gasteiger partial charge in [-0.15, -0.1) is 0 Å². The molecule has 150 valence electrons. The van der Waals surface area contributed by atoms with Gasteiger partial charge in [-0.25, -0.2) is 18.4 Å². The second kappa shape index (κ2) is 8.08. The molecule has 27 heavy (non-hydrogen) atoms. The first-order chi connectivity index (χ1) is 13.1. The van der Waals surface area contributed by atoms with E-state index in [4.69, 9.17) is 9.47 Å². The highest BCUT2D eigenvalue weighted by Gasteiger charge is 2.46. The zero-order chi connectivity index (χ0) is 18.7. The van der Waals surface area contributed by atoms with Crippen molar-refractivity contribution in [3.8, 4) is 0 Å². The van der Waals surface area contributed by atoms with E-state index in [1.54, 1.807) is 22.8 Å². The van der Waals surface area contributed by atoms with Gasteiger partial charge >= 0.3 is 0 Å². The van der Waals surface area contributed by atoms with Gasteiger partial charge in [-0.05, 0) is 18.9 Å². The van der Waals surface area contributed by atoms with Crippen LogP contribution in [0.5, 0.6) is 0 Å². The first-order valence-electron chi connectivity index (χ1n) is 9.83. The lowest BCUT2D eigenvalue weighted by molar-refractivity contribution is -0.285. The summed E-state index contributed by atoms with van der Waals surface area (Å²) >= 11 is 0. The standard InChI is InChI=1S/C18H28N4O4S/c23-27(24,16-5-2-1-3-6-16)22-10-12-26-18(15-22)14-21(9-11-25-18)13-17-19-7-4-8-20-17/h4,7-8,16H,1-3,5-6,9-15H2. The summed E-state index contributed by atoms with van der Waals surface area (Å²) in [5.74, 6) is -0.149. The van der Waals surface area contributed by atoms with Crippen molar-refractivity contribution in [2.75, 3.05) is 39.4 Å². The van der Waals surface area contributed by atoms with Gasteiger partial charge in [-0.2, -0.15) is 4.31 Å². The summed E-state index contributed by atoms with van der Waals surface area (Å²) in [6, 6.07) is 1.79. The number of ether oxygens (including phenoxy) is 2. The van der Waals surface area contributed by atoms with Gasteiger partial charge in [0.25, 0.3) is 0 Å². The molecule has 0 aromatic carbocycles. The molecule has 1 aromatic rings. The molecule has 1 atom stereocenters. The van der Waals surface area contributed by atoms with Gasteiger partial charge in [-0.1, -0.05) is 19.3 Å². The monoisotopic (exact) mass is 396 g/mol. The molecule has 1 aliphatic carbocycles. The topological polar surface area (TPSA) is 84.9 Å². The van der Waals surface area contributed by atoms with E-state index in [9.17, 15) is 8.42 Å². The molecule has 0 radical (unpaired) electrons. The number of hydrogen-bond acceptors (Lipinski definition) is 7. The minimum absolute atomic E-state index is 0.251. The Hall–Kier alpha value is -1.13. The number of nitrogens with zero attached hydrogens (tertiary/aromatic N) is 4. The van der Waals surface area contributed by atoms with Crippen molar-refractivity contribution in [1.82, 2.24) is 19.2 Å². The molecule has 3 heterocycles. The molecular formula is C18H28N4O4S. The van der Waals surface area contributed by atoms with Crippen molar-refractivity contribution < 1.29 is 17.9 Å². The number of aromatic nitrogens is 2. The Morgan fingerprint density at radius 1 is 1.04 bits per heavy atom. The number of sulfonamides is 1. The predicted molar refractivity (Wildman–Crippen MR) is 99.3 cm³/mol. The summed E-state index contributed by atoms with van der Waals surface area (Å²) in [6.07, 6.45) is 8.14. The SMILES string of the molecule is O=S(=O)(C1CCCCC1)N1CCOC2(CN(Cc3ncccn3)CCO2)C1. The minimum Gasteiger partial charge on any atom is -0.346 e. The van der Waals surface area contributed by atoms with Crippen LogP contribution in [0.25, 0.3) is 0 Å². The van der Waals surface area contributed by atoms with E-state index >= 15 is 0 Å². The molecule has 8 nitrogen and oxygen atoms in total. The number of morpholine rings is 2. The Morgan fingerprint density at radius 3 is 2.48 bits per heavy atom. The van der Waals surface area contributed by atoms with E-state index in [0.29, 0.717) is 32.8 Å². The second-order valence-electron chi connectivity index (χ2n) is 7.62. The lowest BCUT2D eigenvalue weighted by Gasteiger charge is -2.47. The van der Waals surface area contributed by atoms with Crippen molar-refractivity contribution in [2.45, 2.75) is 49.7 Å². The maximum Gasteiger partial charge on any atom is 0.217 e. The van der Waals surface area contributed by atoms with E-state index < -0.39 is 15.8 Å². The van der Waals surface area contributed by atoms with Crippen molar-refractivity contribution in [3.63, 3.8) is 0 Å². The molecule has 0 bridgehead atoms. The maximum atomic E-state index is 13.1. The molecule has 3 fully saturated rings. The first kappa shape index (κ1) is 19.2. The van der Waals surface area contributed by atoms with Crippen LogP contribution < -0.4 is 0 Å². The highest BCUT2D eigenvalue weighted by Crippen LogP contribution is 2.31. The number of rotatable bonds is 4. The third kappa shape index (κ3) is 4.32. The van der Waals surface area contributed by atoms with Crippen molar-refractivity contribution in [2.24, 2.45) is 0 Å². The zero-order valence-corrected chi connectivity index (χ0v) is 16.4. The summed E-state index contributed by atoms with van der Waals surface area (Å²) in [4.78, 5) is 10.7. The summed E-state index contributed by atoms with van der Waals surface area (Å²) in [6.45, 7) is 3.40. The van der Waals surface area contributed by atoms with Crippen LogP contribution in [0, 0.1) is 0 Å². The summed E-state index contributed by atoms with van der Waals surface area (Å²) < 4.78 is 39.8. The smallest absolute Gasteiger partial charge is 0.217 e. The Morgan fingerprint density at radius 2 is 1.74 bits per heavy atom. The van der Waals surface area contributed by atoms with Gasteiger partial charge in [0.15, 0.2) is 5.79 Å². The fourth-order valence-electron chi connectivity index (χ4n) is 4.27. The molecule has 1 spiro atoms. The third-order valence-corrected chi connectivity index (χ3v) is 8.02. The minimum atomic E-state index is -3.31. The van der Waals surface area contributed by atoms with E-state index in [2.05, 4.69) is 14.9 Å². The quantitative estimate of drug-likeness (QED) is 0.751. The highest BCUT2D eigenvalue weighted by molar-refractivity contribution is 7.89. The van der Waals surface area contributed by atoms with Crippen LogP contribution in [0.1, 0.15) is 37.9 Å². The molecule has 1 unspecified atom stereocenters. The van der Waals surface area contributed by atoms with Crippen LogP contribution >= 0.6 is 0 Å². The van der Waals surface area contributed by atoms with Crippen LogP contribution in [0.15, 0.2) is 18.5 Å². The Balaban J connectivity index is 1.44. The molecule has 2 saturated heterocycles. The average molecular weight is 397 g/mol. The fourth-order valence-corrected chi connectivity index (χ4v) is 6.33. The molecule has 9 heteroatoms. The van der Waals surface area contributed by atoms with Gasteiger partial charge in [0.2, 0.25) is 10.0 Å². The van der Waals surface area contributed by atoms with Crippen molar-refractivity contribution in [1.29, 1.82) is 0 Å². The molecule has 3 aliphatic rings. The van der Waals surface area contributed by atoms with Crippen LogP contribution in [-0.4, -0.2) is 78.0 Å². The first-order valence-corrected chi connectivity index (χ1v) is 11.3. The van der Waals surface area contributed by atoms with Crippen LogP contribution in [0.2, 0.25) is 0 Å².